The number of rotatable bonds is 4. The zero-order valence-corrected chi connectivity index (χ0v) is 12.5. The number of nitrogens with zero attached hydrogens (tertiary/aromatic N) is 1. The van der Waals surface area contributed by atoms with Gasteiger partial charge in [-0.2, -0.15) is 0 Å². The minimum atomic E-state index is -0.199. The summed E-state index contributed by atoms with van der Waals surface area (Å²) in [4.78, 5) is 14.5. The van der Waals surface area contributed by atoms with Crippen molar-refractivity contribution in [1.82, 2.24) is 4.90 Å². The van der Waals surface area contributed by atoms with E-state index in [0.717, 1.165) is 6.54 Å². The second kappa shape index (κ2) is 6.71. The molecule has 1 heterocycles. The molecule has 3 nitrogen and oxygen atoms in total. The van der Waals surface area contributed by atoms with E-state index < -0.39 is 0 Å². The van der Waals surface area contributed by atoms with E-state index in [4.69, 9.17) is 4.74 Å². The van der Waals surface area contributed by atoms with Crippen LogP contribution in [0.3, 0.4) is 0 Å². The molecule has 0 bridgehead atoms. The van der Waals surface area contributed by atoms with Gasteiger partial charge in [0.25, 0.3) is 0 Å². The van der Waals surface area contributed by atoms with E-state index in [-0.39, 0.29) is 24.0 Å². The molecule has 2 rings (SSSR count). The number of hydrogen-bond donors (Lipinski definition) is 0. The molecule has 0 saturated heterocycles. The van der Waals surface area contributed by atoms with Crippen molar-refractivity contribution in [1.29, 1.82) is 0 Å². The molecule has 3 atom stereocenters. The Morgan fingerprint density at radius 1 is 1.20 bits per heavy atom. The first kappa shape index (κ1) is 14.8. The standard InChI is InChI=1S/C17H23NO2/c1-4-20-17(19)16-13(2)10-11-14(3)18(16)12-15-8-6-5-7-9-15/h5-11,13-14,16H,4,12H2,1-3H3/t13-,14-,16+/m1/s1. The molecule has 0 aromatic heterocycles. The van der Waals surface area contributed by atoms with E-state index in [1.807, 2.05) is 25.1 Å². The van der Waals surface area contributed by atoms with Gasteiger partial charge in [-0.25, -0.2) is 0 Å². The van der Waals surface area contributed by atoms with Crippen molar-refractivity contribution in [2.45, 2.75) is 39.4 Å². The number of carbonyl (C=O) groups is 1. The Hall–Kier alpha value is -1.61. The molecule has 1 aliphatic heterocycles. The van der Waals surface area contributed by atoms with Gasteiger partial charge < -0.3 is 4.74 Å². The van der Waals surface area contributed by atoms with Gasteiger partial charge in [-0.3, -0.25) is 9.69 Å². The predicted octanol–water partition coefficient (Wildman–Crippen LogP) is 3.01. The van der Waals surface area contributed by atoms with Crippen LogP contribution in [0.25, 0.3) is 0 Å². The van der Waals surface area contributed by atoms with E-state index >= 15 is 0 Å². The lowest BCUT2D eigenvalue weighted by molar-refractivity contribution is -0.152. The average Bonchev–Trinajstić information content (AvgIpc) is 2.44. The van der Waals surface area contributed by atoms with Gasteiger partial charge in [0.1, 0.15) is 6.04 Å². The van der Waals surface area contributed by atoms with Crippen molar-refractivity contribution in [3.63, 3.8) is 0 Å². The van der Waals surface area contributed by atoms with Gasteiger partial charge in [-0.15, -0.1) is 0 Å². The van der Waals surface area contributed by atoms with Crippen molar-refractivity contribution >= 4 is 5.97 Å². The number of ether oxygens (including phenoxy) is 1. The minimum Gasteiger partial charge on any atom is -0.465 e. The lowest BCUT2D eigenvalue weighted by atomic mass is 9.92. The molecule has 0 saturated carbocycles. The SMILES string of the molecule is CCOC(=O)[C@@H]1[C@H](C)C=C[C@@H](C)N1Cc1ccccc1. The molecule has 0 aliphatic carbocycles. The topological polar surface area (TPSA) is 29.5 Å². The Morgan fingerprint density at radius 2 is 1.90 bits per heavy atom. The smallest absolute Gasteiger partial charge is 0.323 e. The fraction of sp³-hybridized carbons (Fsp3) is 0.471. The van der Waals surface area contributed by atoms with Gasteiger partial charge in [-0.1, -0.05) is 49.4 Å². The van der Waals surface area contributed by atoms with Crippen LogP contribution in [0.2, 0.25) is 0 Å². The Bertz CT molecular complexity index is 469. The molecule has 108 valence electrons. The molecule has 1 aromatic carbocycles. The second-order valence-electron chi connectivity index (χ2n) is 5.34. The second-order valence-corrected chi connectivity index (χ2v) is 5.34. The fourth-order valence-corrected chi connectivity index (χ4v) is 2.72. The first-order chi connectivity index (χ1) is 9.63. The molecule has 0 spiro atoms. The fourth-order valence-electron chi connectivity index (χ4n) is 2.72. The molecular formula is C17H23NO2. The van der Waals surface area contributed by atoms with Gasteiger partial charge >= 0.3 is 5.97 Å². The van der Waals surface area contributed by atoms with Crippen LogP contribution in [0.5, 0.6) is 0 Å². The number of hydrogen-bond acceptors (Lipinski definition) is 3. The van der Waals surface area contributed by atoms with Crippen LogP contribution >= 0.6 is 0 Å². The first-order valence-electron chi connectivity index (χ1n) is 7.28. The summed E-state index contributed by atoms with van der Waals surface area (Å²) in [6.45, 7) is 7.24. The average molecular weight is 273 g/mol. The maximum atomic E-state index is 12.3. The van der Waals surface area contributed by atoms with Gasteiger partial charge in [-0.05, 0) is 19.4 Å². The number of esters is 1. The number of carbonyl (C=O) groups excluding carboxylic acids is 1. The molecule has 0 unspecified atom stereocenters. The monoisotopic (exact) mass is 273 g/mol. The van der Waals surface area contributed by atoms with Gasteiger partial charge in [0, 0.05) is 18.5 Å². The van der Waals surface area contributed by atoms with Crippen LogP contribution in [-0.2, 0) is 16.1 Å². The van der Waals surface area contributed by atoms with E-state index in [0.29, 0.717) is 6.61 Å². The van der Waals surface area contributed by atoms with Crippen LogP contribution in [0.4, 0.5) is 0 Å². The third-order valence-corrected chi connectivity index (χ3v) is 3.81. The zero-order chi connectivity index (χ0) is 14.5. The van der Waals surface area contributed by atoms with Crippen LogP contribution < -0.4 is 0 Å². The molecule has 0 radical (unpaired) electrons. The van der Waals surface area contributed by atoms with Crippen LogP contribution in [0.15, 0.2) is 42.5 Å². The van der Waals surface area contributed by atoms with Gasteiger partial charge in [0.15, 0.2) is 0 Å². The Labute approximate surface area is 121 Å². The van der Waals surface area contributed by atoms with E-state index in [2.05, 4.69) is 43.0 Å². The normalized spacial score (nSPS) is 26.4. The molecule has 3 heteroatoms. The summed E-state index contributed by atoms with van der Waals surface area (Å²) in [6, 6.07) is 10.3. The summed E-state index contributed by atoms with van der Waals surface area (Å²) in [5.74, 6) is 0.0566. The lowest BCUT2D eigenvalue weighted by Crippen LogP contribution is -2.51. The molecule has 1 aliphatic rings. The van der Waals surface area contributed by atoms with Crippen molar-refractivity contribution < 1.29 is 9.53 Å². The summed E-state index contributed by atoms with van der Waals surface area (Å²) >= 11 is 0. The summed E-state index contributed by atoms with van der Waals surface area (Å²) in [6.07, 6.45) is 4.29. The quantitative estimate of drug-likeness (QED) is 0.624. The van der Waals surface area contributed by atoms with Crippen LogP contribution in [0, 0.1) is 5.92 Å². The minimum absolute atomic E-state index is 0.118. The van der Waals surface area contributed by atoms with E-state index in [1.54, 1.807) is 0 Å². The Kier molecular flexibility index (Phi) is 4.96. The summed E-state index contributed by atoms with van der Waals surface area (Å²) < 4.78 is 5.25. The third-order valence-electron chi connectivity index (χ3n) is 3.81. The molecule has 0 N–H and O–H groups in total. The van der Waals surface area contributed by atoms with Crippen molar-refractivity contribution in [3.05, 3.63) is 48.0 Å². The Morgan fingerprint density at radius 3 is 2.55 bits per heavy atom. The van der Waals surface area contributed by atoms with Crippen molar-refractivity contribution in [2.24, 2.45) is 5.92 Å². The highest BCUT2D eigenvalue weighted by Crippen LogP contribution is 2.25. The van der Waals surface area contributed by atoms with Crippen LogP contribution in [0.1, 0.15) is 26.3 Å². The summed E-state index contributed by atoms with van der Waals surface area (Å²) in [5.41, 5.74) is 1.22. The first-order valence-corrected chi connectivity index (χ1v) is 7.28. The van der Waals surface area contributed by atoms with E-state index in [9.17, 15) is 4.79 Å². The maximum Gasteiger partial charge on any atom is 0.323 e. The van der Waals surface area contributed by atoms with Crippen molar-refractivity contribution in [2.75, 3.05) is 6.61 Å². The Balaban J connectivity index is 2.21. The summed E-state index contributed by atoms with van der Waals surface area (Å²) in [5, 5.41) is 0. The van der Waals surface area contributed by atoms with Gasteiger partial charge in [0.05, 0.1) is 6.61 Å². The molecular weight excluding hydrogens is 250 g/mol. The lowest BCUT2D eigenvalue weighted by Gasteiger charge is -2.39. The highest BCUT2D eigenvalue weighted by Gasteiger charge is 2.36. The van der Waals surface area contributed by atoms with Crippen molar-refractivity contribution in [3.8, 4) is 0 Å². The van der Waals surface area contributed by atoms with E-state index in [1.165, 1.54) is 5.56 Å². The van der Waals surface area contributed by atoms with Gasteiger partial charge in [0.2, 0.25) is 0 Å². The maximum absolute atomic E-state index is 12.3. The zero-order valence-electron chi connectivity index (χ0n) is 12.5. The molecule has 20 heavy (non-hydrogen) atoms. The molecule has 0 fully saturated rings. The summed E-state index contributed by atoms with van der Waals surface area (Å²) in [7, 11) is 0. The molecule has 0 amide bonds. The highest BCUT2D eigenvalue weighted by molar-refractivity contribution is 5.76. The number of benzene rings is 1. The third kappa shape index (κ3) is 3.28. The van der Waals surface area contributed by atoms with Crippen LogP contribution in [-0.4, -0.2) is 29.6 Å². The highest BCUT2D eigenvalue weighted by atomic mass is 16.5. The molecule has 1 aromatic rings. The predicted molar refractivity (Wildman–Crippen MR) is 80.2 cm³/mol. The largest absolute Gasteiger partial charge is 0.465 e.